The predicted octanol–water partition coefficient (Wildman–Crippen LogP) is 3.30. The number of thiophene rings is 1. The molecule has 0 aliphatic heterocycles. The molecule has 0 aliphatic rings. The first kappa shape index (κ1) is 10.2. The first-order valence-electron chi connectivity index (χ1n) is 4.22. The van der Waals surface area contributed by atoms with Crippen LogP contribution in [0.25, 0.3) is 0 Å². The summed E-state index contributed by atoms with van der Waals surface area (Å²) < 4.78 is 6.73. The van der Waals surface area contributed by atoms with Crippen molar-refractivity contribution < 1.29 is 4.42 Å². The Bertz CT molecular complexity index is 395. The van der Waals surface area contributed by atoms with Gasteiger partial charge in [0.1, 0.15) is 11.5 Å². The molecule has 2 aromatic heterocycles. The smallest absolute Gasteiger partial charge is 0.125 e. The lowest BCUT2D eigenvalue weighted by Crippen LogP contribution is -2.09. The van der Waals surface area contributed by atoms with Crippen molar-refractivity contribution in [2.45, 2.75) is 13.0 Å². The molecule has 2 N–H and O–H groups in total. The van der Waals surface area contributed by atoms with Gasteiger partial charge in [-0.15, -0.1) is 11.3 Å². The Morgan fingerprint density at radius 3 is 2.79 bits per heavy atom. The Morgan fingerprint density at radius 2 is 2.29 bits per heavy atom. The molecule has 14 heavy (non-hydrogen) atoms. The molecular formula is C10H10INOS. The van der Waals surface area contributed by atoms with E-state index in [9.17, 15) is 0 Å². The largest absolute Gasteiger partial charge is 0.464 e. The number of rotatable bonds is 2. The molecular weight excluding hydrogens is 309 g/mol. The number of hydrogen-bond donors (Lipinski definition) is 1. The van der Waals surface area contributed by atoms with Gasteiger partial charge in [0.15, 0.2) is 0 Å². The molecule has 0 radical (unpaired) electrons. The number of aryl methyl sites for hydroxylation is 1. The van der Waals surface area contributed by atoms with Crippen LogP contribution in [0.2, 0.25) is 0 Å². The summed E-state index contributed by atoms with van der Waals surface area (Å²) in [4.78, 5) is 0. The first-order chi connectivity index (χ1) is 6.66. The van der Waals surface area contributed by atoms with Crippen LogP contribution in [0.5, 0.6) is 0 Å². The Hall–Kier alpha value is -0.330. The van der Waals surface area contributed by atoms with Gasteiger partial charge < -0.3 is 10.2 Å². The normalized spacial score (nSPS) is 13.1. The molecule has 2 aromatic rings. The third-order valence-electron chi connectivity index (χ3n) is 2.01. The quantitative estimate of drug-likeness (QED) is 0.863. The van der Waals surface area contributed by atoms with E-state index in [0.29, 0.717) is 0 Å². The summed E-state index contributed by atoms with van der Waals surface area (Å²) in [5, 5.41) is 2.07. The zero-order valence-corrected chi connectivity index (χ0v) is 10.6. The van der Waals surface area contributed by atoms with Gasteiger partial charge in [-0.3, -0.25) is 0 Å². The van der Waals surface area contributed by atoms with Crippen molar-refractivity contribution >= 4 is 33.9 Å². The highest BCUT2D eigenvalue weighted by Gasteiger charge is 2.13. The van der Waals surface area contributed by atoms with Gasteiger partial charge in [0, 0.05) is 0 Å². The maximum Gasteiger partial charge on any atom is 0.125 e. The number of halogens is 1. The van der Waals surface area contributed by atoms with Crippen LogP contribution in [0, 0.1) is 9.81 Å². The zero-order chi connectivity index (χ0) is 10.1. The predicted molar refractivity (Wildman–Crippen MR) is 66.5 cm³/mol. The lowest BCUT2D eigenvalue weighted by molar-refractivity contribution is 0.466. The summed E-state index contributed by atoms with van der Waals surface area (Å²) in [5.41, 5.74) is 7.17. The summed E-state index contributed by atoms with van der Waals surface area (Å²) in [6, 6.07) is 5.83. The van der Waals surface area contributed by atoms with Crippen LogP contribution < -0.4 is 5.73 Å². The molecule has 4 heteroatoms. The van der Waals surface area contributed by atoms with Crippen molar-refractivity contribution in [1.29, 1.82) is 0 Å². The Balaban J connectivity index is 2.28. The third-order valence-corrected chi connectivity index (χ3v) is 3.82. The van der Waals surface area contributed by atoms with Crippen LogP contribution in [0.1, 0.15) is 23.1 Å². The number of hydrogen-bond acceptors (Lipinski definition) is 3. The molecule has 0 saturated heterocycles. The summed E-state index contributed by atoms with van der Waals surface area (Å²) >= 11 is 3.99. The fraction of sp³-hybridized carbons (Fsp3) is 0.200. The van der Waals surface area contributed by atoms with Gasteiger partial charge in [0.05, 0.1) is 8.93 Å². The van der Waals surface area contributed by atoms with Crippen molar-refractivity contribution in [3.63, 3.8) is 0 Å². The molecule has 0 aliphatic carbocycles. The fourth-order valence-electron chi connectivity index (χ4n) is 1.27. The van der Waals surface area contributed by atoms with E-state index in [1.807, 2.05) is 19.1 Å². The SMILES string of the molecule is Cc1ccc(C(N)c2csc(I)c2)o1. The van der Waals surface area contributed by atoms with Crippen LogP contribution in [-0.2, 0) is 0 Å². The zero-order valence-electron chi connectivity index (χ0n) is 7.66. The van der Waals surface area contributed by atoms with E-state index in [2.05, 4.69) is 34.0 Å². The van der Waals surface area contributed by atoms with Crippen LogP contribution in [-0.4, -0.2) is 0 Å². The van der Waals surface area contributed by atoms with Crippen molar-refractivity contribution in [2.75, 3.05) is 0 Å². The minimum atomic E-state index is -0.136. The summed E-state index contributed by atoms with van der Waals surface area (Å²) in [6.45, 7) is 1.92. The van der Waals surface area contributed by atoms with Crippen LogP contribution >= 0.6 is 33.9 Å². The number of furan rings is 1. The lowest BCUT2D eigenvalue weighted by Gasteiger charge is -2.05. The molecule has 1 unspecified atom stereocenters. The van der Waals surface area contributed by atoms with Crippen LogP contribution in [0.4, 0.5) is 0 Å². The maximum atomic E-state index is 6.05. The molecule has 2 rings (SSSR count). The summed E-state index contributed by atoms with van der Waals surface area (Å²) in [7, 11) is 0. The summed E-state index contributed by atoms with van der Waals surface area (Å²) in [5.74, 6) is 1.73. The van der Waals surface area contributed by atoms with Gasteiger partial charge in [0.2, 0.25) is 0 Å². The molecule has 0 saturated carbocycles. The van der Waals surface area contributed by atoms with Gasteiger partial charge >= 0.3 is 0 Å². The average molecular weight is 319 g/mol. The van der Waals surface area contributed by atoms with E-state index in [1.54, 1.807) is 11.3 Å². The third kappa shape index (κ3) is 2.02. The fourth-order valence-corrected chi connectivity index (χ4v) is 2.68. The minimum Gasteiger partial charge on any atom is -0.464 e. The standard InChI is InChI=1S/C10H10INOS/c1-6-2-3-8(13-6)10(12)7-4-9(11)14-5-7/h2-5,10H,12H2,1H3. The first-order valence-corrected chi connectivity index (χ1v) is 6.18. The van der Waals surface area contributed by atoms with Crippen molar-refractivity contribution in [1.82, 2.24) is 0 Å². The van der Waals surface area contributed by atoms with E-state index in [4.69, 9.17) is 10.2 Å². The Kier molecular flexibility index (Phi) is 2.94. The molecule has 2 nitrogen and oxygen atoms in total. The molecule has 0 fully saturated rings. The molecule has 1 atom stereocenters. The maximum absolute atomic E-state index is 6.05. The van der Waals surface area contributed by atoms with Gasteiger partial charge in [-0.25, -0.2) is 0 Å². The lowest BCUT2D eigenvalue weighted by atomic mass is 10.1. The molecule has 0 spiro atoms. The Labute approximate surface area is 100 Å². The molecule has 0 amide bonds. The molecule has 74 valence electrons. The molecule has 2 heterocycles. The molecule has 0 aromatic carbocycles. The van der Waals surface area contributed by atoms with Crippen molar-refractivity contribution in [3.8, 4) is 0 Å². The van der Waals surface area contributed by atoms with Crippen LogP contribution in [0.15, 0.2) is 28.0 Å². The number of nitrogens with two attached hydrogens (primary N) is 1. The van der Waals surface area contributed by atoms with E-state index in [1.165, 1.54) is 2.88 Å². The topological polar surface area (TPSA) is 39.2 Å². The second kappa shape index (κ2) is 4.04. The van der Waals surface area contributed by atoms with E-state index in [-0.39, 0.29) is 6.04 Å². The van der Waals surface area contributed by atoms with Gasteiger partial charge in [-0.2, -0.15) is 0 Å². The highest BCUT2D eigenvalue weighted by Crippen LogP contribution is 2.26. The van der Waals surface area contributed by atoms with Gasteiger partial charge in [-0.05, 0) is 58.7 Å². The highest BCUT2D eigenvalue weighted by atomic mass is 127. The second-order valence-electron chi connectivity index (χ2n) is 3.11. The van der Waals surface area contributed by atoms with E-state index >= 15 is 0 Å². The average Bonchev–Trinajstić information content (AvgIpc) is 2.73. The molecule has 0 bridgehead atoms. The summed E-state index contributed by atoms with van der Waals surface area (Å²) in [6.07, 6.45) is 0. The van der Waals surface area contributed by atoms with Crippen molar-refractivity contribution in [3.05, 3.63) is 43.5 Å². The minimum absolute atomic E-state index is 0.136. The highest BCUT2D eigenvalue weighted by molar-refractivity contribution is 14.1. The monoisotopic (exact) mass is 319 g/mol. The Morgan fingerprint density at radius 1 is 1.50 bits per heavy atom. The van der Waals surface area contributed by atoms with Gasteiger partial charge in [-0.1, -0.05) is 0 Å². The van der Waals surface area contributed by atoms with E-state index < -0.39 is 0 Å². The van der Waals surface area contributed by atoms with Crippen molar-refractivity contribution in [2.24, 2.45) is 5.73 Å². The van der Waals surface area contributed by atoms with Crippen LogP contribution in [0.3, 0.4) is 0 Å². The van der Waals surface area contributed by atoms with Gasteiger partial charge in [0.25, 0.3) is 0 Å². The van der Waals surface area contributed by atoms with E-state index in [0.717, 1.165) is 17.1 Å². The second-order valence-corrected chi connectivity index (χ2v) is 5.92.